The van der Waals surface area contributed by atoms with Gasteiger partial charge in [-0.05, 0) is 43.4 Å². The minimum absolute atomic E-state index is 0.113. The Balaban J connectivity index is 1.47. The van der Waals surface area contributed by atoms with E-state index in [1.807, 2.05) is 13.8 Å². The molecule has 1 saturated carbocycles. The third kappa shape index (κ3) is 7.17. The molecule has 1 aliphatic heterocycles. The van der Waals surface area contributed by atoms with E-state index in [4.69, 9.17) is 4.42 Å². The maximum Gasteiger partial charge on any atom is 0.260 e. The average Bonchev–Trinajstić information content (AvgIpc) is 3.31. The van der Waals surface area contributed by atoms with Gasteiger partial charge in [-0.25, -0.2) is 13.4 Å². The van der Waals surface area contributed by atoms with E-state index in [9.17, 15) is 22.8 Å². The van der Waals surface area contributed by atoms with Crippen LogP contribution in [0.15, 0.2) is 39.9 Å². The molecule has 2 aromatic heterocycles. The first kappa shape index (κ1) is 29.9. The zero-order chi connectivity index (χ0) is 28.7. The third-order valence-corrected chi connectivity index (χ3v) is 9.63. The minimum atomic E-state index is -3.94. The van der Waals surface area contributed by atoms with Gasteiger partial charge >= 0.3 is 0 Å². The SMILES string of the molecule is CCc1cc(C(=O)N[C@@H](CC2CCCCC2)C(=O)N[C@H]2CCCN(S(=O)(=O)c3ccccn3)CC2=O)c(CC)o1. The summed E-state index contributed by atoms with van der Waals surface area (Å²) < 4.78 is 33.0. The second-order valence-electron chi connectivity index (χ2n) is 10.7. The van der Waals surface area contributed by atoms with Gasteiger partial charge in [0.2, 0.25) is 5.91 Å². The van der Waals surface area contributed by atoms with Crippen LogP contribution in [-0.4, -0.2) is 60.5 Å². The highest BCUT2D eigenvalue weighted by Crippen LogP contribution is 2.28. The lowest BCUT2D eigenvalue weighted by Gasteiger charge is -2.28. The molecule has 2 amide bonds. The monoisotopic (exact) mass is 572 g/mol. The number of furan rings is 1. The van der Waals surface area contributed by atoms with E-state index in [1.165, 1.54) is 18.7 Å². The van der Waals surface area contributed by atoms with Crippen molar-refractivity contribution in [2.75, 3.05) is 13.1 Å². The molecular weight excluding hydrogens is 532 g/mol. The van der Waals surface area contributed by atoms with Crippen LogP contribution in [0.1, 0.15) is 87.1 Å². The molecule has 1 saturated heterocycles. The van der Waals surface area contributed by atoms with Crippen molar-refractivity contribution < 1.29 is 27.2 Å². The van der Waals surface area contributed by atoms with Crippen LogP contribution in [0.5, 0.6) is 0 Å². The van der Waals surface area contributed by atoms with Crippen molar-refractivity contribution in [1.29, 1.82) is 0 Å². The Hall–Kier alpha value is -3.05. The molecule has 3 heterocycles. The fourth-order valence-electron chi connectivity index (χ4n) is 5.59. The van der Waals surface area contributed by atoms with Crippen molar-refractivity contribution >= 4 is 27.6 Å². The van der Waals surface area contributed by atoms with Crippen LogP contribution in [0.2, 0.25) is 0 Å². The van der Waals surface area contributed by atoms with Gasteiger partial charge in [0.15, 0.2) is 10.8 Å². The Morgan fingerprint density at radius 2 is 1.88 bits per heavy atom. The molecule has 0 unspecified atom stereocenters. The van der Waals surface area contributed by atoms with Crippen LogP contribution in [0.25, 0.3) is 0 Å². The van der Waals surface area contributed by atoms with Crippen molar-refractivity contribution in [1.82, 2.24) is 19.9 Å². The molecule has 2 N–H and O–H groups in total. The first-order valence-corrected chi connectivity index (χ1v) is 15.8. The van der Waals surface area contributed by atoms with Gasteiger partial charge in [-0.3, -0.25) is 14.4 Å². The first-order chi connectivity index (χ1) is 19.2. The number of nitrogens with one attached hydrogen (secondary N) is 2. The normalized spacial score (nSPS) is 20.1. The number of sulfonamides is 1. The van der Waals surface area contributed by atoms with Crippen molar-refractivity contribution in [3.8, 4) is 0 Å². The molecule has 218 valence electrons. The lowest BCUT2D eigenvalue weighted by Crippen LogP contribution is -2.53. The van der Waals surface area contributed by atoms with Crippen LogP contribution in [0, 0.1) is 5.92 Å². The van der Waals surface area contributed by atoms with Crippen LogP contribution < -0.4 is 10.6 Å². The van der Waals surface area contributed by atoms with Gasteiger partial charge in [-0.2, -0.15) is 4.31 Å². The number of hydrogen-bond acceptors (Lipinski definition) is 7. The van der Waals surface area contributed by atoms with Gasteiger partial charge in [0.25, 0.3) is 15.9 Å². The molecule has 2 fully saturated rings. The Labute approximate surface area is 236 Å². The lowest BCUT2D eigenvalue weighted by molar-refractivity contribution is -0.129. The Morgan fingerprint density at radius 1 is 1.10 bits per heavy atom. The van der Waals surface area contributed by atoms with E-state index in [0.717, 1.165) is 30.0 Å². The molecule has 0 spiro atoms. The van der Waals surface area contributed by atoms with Crippen LogP contribution in [0.3, 0.4) is 0 Å². The molecule has 0 aromatic carbocycles. The molecule has 11 heteroatoms. The molecular formula is C29H40N4O6S. The molecule has 2 aromatic rings. The maximum atomic E-state index is 13.6. The van der Waals surface area contributed by atoms with Crippen LogP contribution in [-0.2, 0) is 32.5 Å². The number of ketones is 1. The van der Waals surface area contributed by atoms with E-state index < -0.39 is 28.0 Å². The summed E-state index contributed by atoms with van der Waals surface area (Å²) in [6, 6.07) is 4.68. The second-order valence-corrected chi connectivity index (χ2v) is 12.6. The predicted molar refractivity (Wildman–Crippen MR) is 149 cm³/mol. The molecule has 0 bridgehead atoms. The second kappa shape index (κ2) is 13.5. The Morgan fingerprint density at radius 3 is 2.55 bits per heavy atom. The summed E-state index contributed by atoms with van der Waals surface area (Å²) in [5.41, 5.74) is 0.432. The van der Waals surface area contributed by atoms with E-state index in [-0.39, 0.29) is 29.8 Å². The van der Waals surface area contributed by atoms with Gasteiger partial charge in [0.1, 0.15) is 17.6 Å². The van der Waals surface area contributed by atoms with Crippen molar-refractivity contribution in [3.63, 3.8) is 0 Å². The van der Waals surface area contributed by atoms with Crippen molar-refractivity contribution in [2.24, 2.45) is 5.92 Å². The van der Waals surface area contributed by atoms with Crippen LogP contribution >= 0.6 is 0 Å². The van der Waals surface area contributed by atoms with Gasteiger partial charge in [-0.15, -0.1) is 0 Å². The van der Waals surface area contributed by atoms with E-state index >= 15 is 0 Å². The molecule has 2 aliphatic rings. The standard InChI is InChI=1S/C29H40N4O6S/c1-3-21-18-22(26(4-2)39-21)28(35)32-24(17-20-11-6-5-7-12-20)29(36)31-23-13-10-16-33(19-25(23)34)40(37,38)27-14-8-9-15-30-27/h8-9,14-15,18,20,23-24H,3-7,10-13,16-17,19H2,1-2H3,(H,31,36)(H,32,35)/t23-,24-/m0/s1. The number of Topliss-reactive ketones (excluding diaryl/α,β-unsaturated/α-hetero) is 1. The van der Waals surface area contributed by atoms with E-state index in [0.29, 0.717) is 55.1 Å². The zero-order valence-corrected chi connectivity index (χ0v) is 24.2. The summed E-state index contributed by atoms with van der Waals surface area (Å²) in [4.78, 5) is 44.0. The number of carbonyl (C=O) groups is 3. The topological polar surface area (TPSA) is 139 Å². The van der Waals surface area contributed by atoms with Gasteiger partial charge in [-0.1, -0.05) is 52.0 Å². The summed E-state index contributed by atoms with van der Waals surface area (Å²) in [5, 5.41) is 5.66. The van der Waals surface area contributed by atoms with Gasteiger partial charge in [0.05, 0.1) is 18.2 Å². The maximum absolute atomic E-state index is 13.6. The molecule has 10 nitrogen and oxygen atoms in total. The van der Waals surface area contributed by atoms with Crippen LogP contribution in [0.4, 0.5) is 0 Å². The summed E-state index contributed by atoms with van der Waals surface area (Å²) in [6.45, 7) is 3.67. The molecule has 1 aliphatic carbocycles. The number of carbonyl (C=O) groups excluding carboxylic acids is 3. The highest BCUT2D eigenvalue weighted by atomic mass is 32.2. The number of hydrogen-bond donors (Lipinski definition) is 2. The molecule has 2 atom stereocenters. The summed E-state index contributed by atoms with van der Waals surface area (Å²) in [7, 11) is -3.94. The van der Waals surface area contributed by atoms with E-state index in [1.54, 1.807) is 18.2 Å². The summed E-state index contributed by atoms with van der Waals surface area (Å²) in [5.74, 6) is 0.425. The van der Waals surface area contributed by atoms with Crippen molar-refractivity contribution in [2.45, 2.75) is 95.2 Å². The summed E-state index contributed by atoms with van der Waals surface area (Å²) >= 11 is 0. The van der Waals surface area contributed by atoms with Crippen molar-refractivity contribution in [3.05, 3.63) is 47.5 Å². The number of aryl methyl sites for hydroxylation is 2. The summed E-state index contributed by atoms with van der Waals surface area (Å²) in [6.07, 6.45) is 9.14. The number of aromatic nitrogens is 1. The molecule has 4 rings (SSSR count). The largest absolute Gasteiger partial charge is 0.465 e. The quantitative estimate of drug-likeness (QED) is 0.445. The zero-order valence-electron chi connectivity index (χ0n) is 23.4. The molecule has 0 radical (unpaired) electrons. The number of amides is 2. The highest BCUT2D eigenvalue weighted by molar-refractivity contribution is 7.89. The molecule has 40 heavy (non-hydrogen) atoms. The Kier molecular flexibility index (Phi) is 10.1. The minimum Gasteiger partial charge on any atom is -0.465 e. The highest BCUT2D eigenvalue weighted by Gasteiger charge is 2.35. The smallest absolute Gasteiger partial charge is 0.260 e. The van der Waals surface area contributed by atoms with Gasteiger partial charge < -0.3 is 15.1 Å². The number of rotatable bonds is 10. The van der Waals surface area contributed by atoms with Gasteiger partial charge in [0, 0.05) is 25.6 Å². The van der Waals surface area contributed by atoms with E-state index in [2.05, 4.69) is 15.6 Å². The number of pyridine rings is 1. The third-order valence-electron chi connectivity index (χ3n) is 7.87. The Bertz CT molecular complexity index is 1290. The first-order valence-electron chi connectivity index (χ1n) is 14.4. The fraction of sp³-hybridized carbons (Fsp3) is 0.586. The average molecular weight is 573 g/mol. The lowest BCUT2D eigenvalue weighted by atomic mass is 9.84. The number of nitrogens with zero attached hydrogens (tertiary/aromatic N) is 2. The predicted octanol–water partition coefficient (Wildman–Crippen LogP) is 3.41. The fourth-order valence-corrected chi connectivity index (χ4v) is 6.97.